The Morgan fingerprint density at radius 2 is 1.86 bits per heavy atom. The fourth-order valence-electron chi connectivity index (χ4n) is 0.948. The Balaban J connectivity index is 4.25. The van der Waals surface area contributed by atoms with E-state index in [4.69, 9.17) is 5.11 Å². The van der Waals surface area contributed by atoms with Gasteiger partial charge in [-0.05, 0) is 25.6 Å². The Hall–Kier alpha value is -1.42. The molecule has 10 heteroatoms. The number of ether oxygens (including phenoxy) is 2. The van der Waals surface area contributed by atoms with Crippen LogP contribution in [-0.4, -0.2) is 51.6 Å². The number of rotatable bonds is 8. The van der Waals surface area contributed by atoms with Crippen LogP contribution in [0.3, 0.4) is 0 Å². The number of hydrogen-bond acceptors (Lipinski definition) is 8. The summed E-state index contributed by atoms with van der Waals surface area (Å²) in [6.45, 7) is 4.07. The highest BCUT2D eigenvalue weighted by Gasteiger charge is 2.28. The van der Waals surface area contributed by atoms with Crippen LogP contribution < -0.4 is 5.32 Å². The van der Waals surface area contributed by atoms with Crippen molar-refractivity contribution in [3.63, 3.8) is 0 Å². The first-order valence-corrected chi connectivity index (χ1v) is 7.72. The molecular weight excluding hydrogens is 334 g/mol. The summed E-state index contributed by atoms with van der Waals surface area (Å²) in [6.07, 6.45) is 0.150. The molecule has 1 atom stereocenters. The van der Waals surface area contributed by atoms with Crippen LogP contribution in [0.1, 0.15) is 27.2 Å². The zero-order valence-corrected chi connectivity index (χ0v) is 14.2. The molecule has 0 heterocycles. The second kappa shape index (κ2) is 9.57. The van der Waals surface area contributed by atoms with Crippen LogP contribution in [0, 0.1) is 0 Å². The van der Waals surface area contributed by atoms with E-state index in [0.29, 0.717) is 11.8 Å². The van der Waals surface area contributed by atoms with Gasteiger partial charge < -0.3 is 19.9 Å². The molecule has 0 unspecified atom stereocenters. The molecule has 0 radical (unpaired) electrons. The van der Waals surface area contributed by atoms with Gasteiger partial charge in [-0.3, -0.25) is 9.59 Å². The van der Waals surface area contributed by atoms with Gasteiger partial charge in [-0.25, -0.2) is 9.59 Å². The van der Waals surface area contributed by atoms with Crippen molar-refractivity contribution in [1.82, 2.24) is 5.32 Å². The fraction of sp³-hybridized carbons (Fsp3) is 0.667. The third-order valence-corrected chi connectivity index (χ3v) is 3.27. The summed E-state index contributed by atoms with van der Waals surface area (Å²) in [4.78, 5) is 44.9. The third-order valence-electron chi connectivity index (χ3n) is 2.21. The highest BCUT2D eigenvalue weighted by molar-refractivity contribution is 8.13. The van der Waals surface area contributed by atoms with Crippen LogP contribution in [0.15, 0.2) is 0 Å². The zero-order chi connectivity index (χ0) is 17.3. The van der Waals surface area contributed by atoms with E-state index < -0.39 is 40.7 Å². The molecule has 2 N–H and O–H groups in total. The molecule has 0 saturated carbocycles. The maximum Gasteiger partial charge on any atom is 0.370 e. The number of thioether (sulfide) groups is 1. The molecule has 0 aromatic heterocycles. The summed E-state index contributed by atoms with van der Waals surface area (Å²) in [5.41, 5.74) is 0. The first kappa shape index (κ1) is 20.6. The van der Waals surface area contributed by atoms with Gasteiger partial charge in [-0.1, -0.05) is 6.92 Å². The van der Waals surface area contributed by atoms with Crippen molar-refractivity contribution in [1.29, 1.82) is 0 Å². The van der Waals surface area contributed by atoms with Crippen molar-refractivity contribution >= 4 is 47.5 Å². The molecule has 0 saturated heterocycles. The first-order chi connectivity index (χ1) is 10.1. The largest absolute Gasteiger partial charge is 0.480 e. The Morgan fingerprint density at radius 1 is 1.27 bits per heavy atom. The van der Waals surface area contributed by atoms with Gasteiger partial charge in [0.15, 0.2) is 0 Å². The Morgan fingerprint density at radius 3 is 2.32 bits per heavy atom. The summed E-state index contributed by atoms with van der Waals surface area (Å²) in [5.74, 6) is -2.62. The van der Waals surface area contributed by atoms with Gasteiger partial charge in [0.05, 0.1) is 4.75 Å². The van der Waals surface area contributed by atoms with Gasteiger partial charge in [-0.2, -0.15) is 12.6 Å². The number of carbonyl (C=O) groups is 4. The Labute approximate surface area is 137 Å². The highest BCUT2D eigenvalue weighted by Crippen LogP contribution is 2.13. The van der Waals surface area contributed by atoms with Gasteiger partial charge in [0.2, 0.25) is 12.7 Å². The second-order valence-electron chi connectivity index (χ2n) is 4.62. The molecule has 22 heavy (non-hydrogen) atoms. The topological polar surface area (TPSA) is 119 Å². The third kappa shape index (κ3) is 8.78. The molecule has 0 aromatic rings. The average Bonchev–Trinajstić information content (AvgIpc) is 2.41. The van der Waals surface area contributed by atoms with Crippen molar-refractivity contribution in [3.8, 4) is 0 Å². The SMILES string of the molecule is CCC(=O)OCOC(=O)SC[C@H](NC(=O)C(C)(C)S)C(=O)O. The number of carbonyl (C=O) groups excluding carboxylic acids is 3. The summed E-state index contributed by atoms with van der Waals surface area (Å²) in [7, 11) is 0. The molecule has 1 amide bonds. The number of nitrogens with one attached hydrogen (secondary N) is 1. The van der Waals surface area contributed by atoms with Crippen LogP contribution in [-0.2, 0) is 23.9 Å². The molecule has 126 valence electrons. The van der Waals surface area contributed by atoms with Crippen molar-refractivity contribution in [2.24, 2.45) is 0 Å². The van der Waals surface area contributed by atoms with Crippen LogP contribution in [0.2, 0.25) is 0 Å². The van der Waals surface area contributed by atoms with Crippen molar-refractivity contribution in [2.45, 2.75) is 38.0 Å². The van der Waals surface area contributed by atoms with Gasteiger partial charge in [0.25, 0.3) is 0 Å². The van der Waals surface area contributed by atoms with E-state index in [9.17, 15) is 19.2 Å². The van der Waals surface area contributed by atoms with Gasteiger partial charge in [0.1, 0.15) is 6.04 Å². The van der Waals surface area contributed by atoms with E-state index in [0.717, 1.165) is 0 Å². The minimum atomic E-state index is -1.29. The van der Waals surface area contributed by atoms with E-state index in [1.807, 2.05) is 0 Å². The molecule has 0 rings (SSSR count). The van der Waals surface area contributed by atoms with Crippen LogP contribution in [0.25, 0.3) is 0 Å². The summed E-state index contributed by atoms with van der Waals surface area (Å²) < 4.78 is 8.06. The Kier molecular flexibility index (Phi) is 8.95. The van der Waals surface area contributed by atoms with Crippen molar-refractivity contribution in [2.75, 3.05) is 12.5 Å². The summed E-state index contributed by atoms with van der Waals surface area (Å²) >= 11 is 4.58. The molecule has 0 aliphatic rings. The molecule has 0 aromatic carbocycles. The van der Waals surface area contributed by atoms with Crippen LogP contribution >= 0.6 is 24.4 Å². The molecule has 0 aliphatic heterocycles. The molecular formula is C12H19NO7S2. The number of aliphatic carboxylic acids is 1. The minimum absolute atomic E-state index is 0.150. The van der Waals surface area contributed by atoms with E-state index in [-0.39, 0.29) is 12.2 Å². The van der Waals surface area contributed by atoms with Crippen molar-refractivity contribution in [3.05, 3.63) is 0 Å². The lowest BCUT2D eigenvalue weighted by Gasteiger charge is -2.20. The maximum absolute atomic E-state index is 11.7. The number of thiol groups is 1. The Bertz CT molecular complexity index is 434. The first-order valence-electron chi connectivity index (χ1n) is 6.29. The van der Waals surface area contributed by atoms with E-state index in [1.165, 1.54) is 13.8 Å². The predicted octanol–water partition coefficient (Wildman–Crippen LogP) is 1.04. The average molecular weight is 353 g/mol. The van der Waals surface area contributed by atoms with Gasteiger partial charge >= 0.3 is 17.2 Å². The number of hydrogen-bond donors (Lipinski definition) is 3. The number of carboxylic acid groups (broad SMARTS) is 1. The van der Waals surface area contributed by atoms with Gasteiger partial charge in [0, 0.05) is 12.2 Å². The smallest absolute Gasteiger partial charge is 0.370 e. The zero-order valence-electron chi connectivity index (χ0n) is 12.5. The minimum Gasteiger partial charge on any atom is -0.480 e. The molecule has 0 bridgehead atoms. The van der Waals surface area contributed by atoms with E-state index >= 15 is 0 Å². The predicted molar refractivity (Wildman–Crippen MR) is 82.8 cm³/mol. The van der Waals surface area contributed by atoms with Crippen LogP contribution in [0.5, 0.6) is 0 Å². The lowest BCUT2D eigenvalue weighted by molar-refractivity contribution is -0.150. The van der Waals surface area contributed by atoms with E-state index in [1.54, 1.807) is 6.92 Å². The molecule has 0 fully saturated rings. The number of carboxylic acids is 1. The quantitative estimate of drug-likeness (QED) is 0.336. The van der Waals surface area contributed by atoms with Gasteiger partial charge in [-0.15, -0.1) is 0 Å². The monoisotopic (exact) mass is 353 g/mol. The lowest BCUT2D eigenvalue weighted by atomic mass is 10.2. The van der Waals surface area contributed by atoms with E-state index in [2.05, 4.69) is 27.4 Å². The molecule has 0 aliphatic carbocycles. The van der Waals surface area contributed by atoms with Crippen molar-refractivity contribution < 1.29 is 33.8 Å². The van der Waals surface area contributed by atoms with Crippen LogP contribution in [0.4, 0.5) is 4.79 Å². The maximum atomic E-state index is 11.7. The highest BCUT2D eigenvalue weighted by atomic mass is 32.2. The number of esters is 1. The molecule has 0 spiro atoms. The lowest BCUT2D eigenvalue weighted by Crippen LogP contribution is -2.48. The molecule has 8 nitrogen and oxygen atoms in total. The summed E-state index contributed by atoms with van der Waals surface area (Å²) in [5, 5.41) is 10.5. The number of amides is 1. The second-order valence-corrected chi connectivity index (χ2v) is 6.69. The fourth-order valence-corrected chi connectivity index (χ4v) is 1.67. The normalized spacial score (nSPS) is 12.2. The standard InChI is InChI=1S/C12H19NO7S2/c1-4-8(14)19-6-20-11(18)22-5-7(9(15)16)13-10(17)12(2,3)21/h7,21H,4-6H2,1-3H3,(H,13,17)(H,15,16)/t7-/m0/s1. The summed E-state index contributed by atoms with van der Waals surface area (Å²) in [6, 6.07) is -1.27.